The second-order valence-corrected chi connectivity index (χ2v) is 2.61. The average Bonchev–Trinajstić information content (AvgIpc) is 2.12. The van der Waals surface area contributed by atoms with E-state index in [9.17, 15) is 9.59 Å². The second-order valence-electron chi connectivity index (χ2n) is 2.61. The second kappa shape index (κ2) is 5.03. The van der Waals surface area contributed by atoms with Crippen molar-refractivity contribution in [2.24, 2.45) is 0 Å². The molecule has 0 radical (unpaired) electrons. The van der Waals surface area contributed by atoms with Gasteiger partial charge in [0.25, 0.3) is 0 Å². The van der Waals surface area contributed by atoms with Gasteiger partial charge in [-0.1, -0.05) is 0 Å². The highest BCUT2D eigenvalue weighted by atomic mass is 16.4. The third-order valence-corrected chi connectivity index (χ3v) is 1.52. The van der Waals surface area contributed by atoms with Crippen LogP contribution in [0, 0.1) is 0 Å². The van der Waals surface area contributed by atoms with Gasteiger partial charge < -0.3 is 20.4 Å². The molecule has 0 saturated heterocycles. The predicted octanol–water partition coefficient (Wildman–Crippen LogP) is -2.78. The molecule has 13 heavy (non-hydrogen) atoms. The first-order valence-electron chi connectivity index (χ1n) is 3.61. The summed E-state index contributed by atoms with van der Waals surface area (Å²) in [6, 6.07) is 0. The molecule has 0 aromatic rings. The van der Waals surface area contributed by atoms with Gasteiger partial charge in [-0.05, 0) is 0 Å². The van der Waals surface area contributed by atoms with Crippen LogP contribution in [0.1, 0.15) is 6.92 Å². The van der Waals surface area contributed by atoms with Gasteiger partial charge in [0.15, 0.2) is 5.78 Å². The quantitative estimate of drug-likeness (QED) is 0.350. The summed E-state index contributed by atoms with van der Waals surface area (Å²) in [6.45, 7) is 0.132. The molecule has 76 valence electrons. The Labute approximate surface area is 74.4 Å². The van der Waals surface area contributed by atoms with Gasteiger partial charge in [0.1, 0.15) is 18.3 Å². The zero-order valence-corrected chi connectivity index (χ0v) is 7.04. The van der Waals surface area contributed by atoms with E-state index in [2.05, 4.69) is 0 Å². The summed E-state index contributed by atoms with van der Waals surface area (Å²) in [5, 5.41) is 35.1. The van der Waals surface area contributed by atoms with Gasteiger partial charge in [-0.2, -0.15) is 0 Å². The van der Waals surface area contributed by atoms with Crippen LogP contribution in [0.25, 0.3) is 0 Å². The maximum atomic E-state index is 10.8. The van der Waals surface area contributed by atoms with Gasteiger partial charge in [-0.3, -0.25) is 9.59 Å². The molecule has 0 heterocycles. The van der Waals surface area contributed by atoms with E-state index in [4.69, 9.17) is 20.4 Å². The van der Waals surface area contributed by atoms with E-state index < -0.39 is 36.5 Å². The fourth-order valence-electron chi connectivity index (χ4n) is 0.682. The van der Waals surface area contributed by atoms with Crippen molar-refractivity contribution in [1.29, 1.82) is 0 Å². The van der Waals surface area contributed by atoms with E-state index in [1.807, 2.05) is 0 Å². The highest BCUT2D eigenvalue weighted by Gasteiger charge is 2.31. The molecule has 3 atom stereocenters. The lowest BCUT2D eigenvalue weighted by atomic mass is 10.0. The summed E-state index contributed by atoms with van der Waals surface area (Å²) in [5.41, 5.74) is 0. The molecule has 0 aliphatic carbocycles. The van der Waals surface area contributed by atoms with Crippen molar-refractivity contribution >= 4 is 11.6 Å². The molecule has 0 bridgehead atoms. The maximum Gasteiger partial charge on any atom is 0.229 e. The zero-order valence-electron chi connectivity index (χ0n) is 7.04. The van der Waals surface area contributed by atoms with Gasteiger partial charge in [-0.25, -0.2) is 0 Å². The predicted molar refractivity (Wildman–Crippen MR) is 40.8 cm³/mol. The van der Waals surface area contributed by atoms with Gasteiger partial charge >= 0.3 is 0 Å². The molecule has 4 N–H and O–H groups in total. The Bertz CT molecular complexity index is 201. The van der Waals surface area contributed by atoms with E-state index in [-0.39, 0.29) is 0 Å². The average molecular weight is 192 g/mol. The Morgan fingerprint density at radius 2 is 1.69 bits per heavy atom. The van der Waals surface area contributed by atoms with Crippen LogP contribution in [0.4, 0.5) is 0 Å². The van der Waals surface area contributed by atoms with Crippen LogP contribution < -0.4 is 0 Å². The van der Waals surface area contributed by atoms with Crippen LogP contribution in [-0.2, 0) is 9.59 Å². The number of carbonyl (C=O) groups is 2. The van der Waals surface area contributed by atoms with Gasteiger partial charge in [0.2, 0.25) is 5.78 Å². The number of Topliss-reactive ketones (excluding diaryl/α,β-unsaturated/α-hetero) is 2. The maximum absolute atomic E-state index is 10.8. The van der Waals surface area contributed by atoms with Crippen molar-refractivity contribution in [3.05, 3.63) is 0 Å². The number of aliphatic hydroxyl groups is 4. The molecule has 0 aromatic carbocycles. The third-order valence-electron chi connectivity index (χ3n) is 1.52. The van der Waals surface area contributed by atoms with Crippen molar-refractivity contribution in [3.8, 4) is 0 Å². The first kappa shape index (κ1) is 12.2. The van der Waals surface area contributed by atoms with E-state index in [1.54, 1.807) is 0 Å². The third kappa shape index (κ3) is 3.19. The SMILES string of the molecule is CC(=O)C(=O)[C@H](O)[C@@H](O)[C@@H](O)CO. The molecule has 6 heteroatoms. The summed E-state index contributed by atoms with van der Waals surface area (Å²) in [4.78, 5) is 21.2. The van der Waals surface area contributed by atoms with Crippen molar-refractivity contribution in [2.45, 2.75) is 25.2 Å². The lowest BCUT2D eigenvalue weighted by Gasteiger charge is -2.19. The summed E-state index contributed by atoms with van der Waals surface area (Å²) in [6.07, 6.45) is -5.47. The van der Waals surface area contributed by atoms with E-state index >= 15 is 0 Å². The van der Waals surface area contributed by atoms with Crippen LogP contribution in [0.3, 0.4) is 0 Å². The monoisotopic (exact) mass is 192 g/mol. The summed E-state index contributed by atoms with van der Waals surface area (Å²) in [5.74, 6) is -2.11. The number of hydrogen-bond donors (Lipinski definition) is 4. The summed E-state index contributed by atoms with van der Waals surface area (Å²) < 4.78 is 0. The fraction of sp³-hybridized carbons (Fsp3) is 0.714. The number of ketones is 2. The lowest BCUT2D eigenvalue weighted by molar-refractivity contribution is -0.149. The summed E-state index contributed by atoms with van der Waals surface area (Å²) in [7, 11) is 0. The van der Waals surface area contributed by atoms with Crippen LogP contribution in [-0.4, -0.2) is 56.9 Å². The summed E-state index contributed by atoms with van der Waals surface area (Å²) >= 11 is 0. The Morgan fingerprint density at radius 3 is 2.00 bits per heavy atom. The minimum absolute atomic E-state index is 0.802. The molecule has 0 rings (SSSR count). The molecule has 0 fully saturated rings. The van der Waals surface area contributed by atoms with Crippen LogP contribution in [0.5, 0.6) is 0 Å². The van der Waals surface area contributed by atoms with Gasteiger partial charge in [0, 0.05) is 6.92 Å². The number of aliphatic hydroxyl groups excluding tert-OH is 4. The minimum Gasteiger partial charge on any atom is -0.394 e. The molecule has 0 aliphatic heterocycles. The van der Waals surface area contributed by atoms with E-state index in [1.165, 1.54) is 0 Å². The number of rotatable bonds is 5. The van der Waals surface area contributed by atoms with Crippen molar-refractivity contribution in [2.75, 3.05) is 6.61 Å². The molecule has 0 spiro atoms. The molecule has 0 unspecified atom stereocenters. The van der Waals surface area contributed by atoms with Crippen LogP contribution in [0.15, 0.2) is 0 Å². The molecule has 0 amide bonds. The number of carbonyl (C=O) groups excluding carboxylic acids is 2. The molecule has 6 nitrogen and oxygen atoms in total. The van der Waals surface area contributed by atoms with Gasteiger partial charge in [0.05, 0.1) is 6.61 Å². The number of hydrogen-bond acceptors (Lipinski definition) is 6. The lowest BCUT2D eigenvalue weighted by Crippen LogP contribution is -2.45. The first-order chi connectivity index (χ1) is 5.91. The Kier molecular flexibility index (Phi) is 4.71. The Balaban J connectivity index is 4.33. The Hall–Kier alpha value is -0.820. The molecule has 0 aromatic heterocycles. The Morgan fingerprint density at radius 1 is 1.23 bits per heavy atom. The molecule has 0 saturated carbocycles. The van der Waals surface area contributed by atoms with Crippen molar-refractivity contribution in [3.63, 3.8) is 0 Å². The highest BCUT2D eigenvalue weighted by molar-refractivity contribution is 6.38. The van der Waals surface area contributed by atoms with Crippen molar-refractivity contribution in [1.82, 2.24) is 0 Å². The molecular weight excluding hydrogens is 180 g/mol. The zero-order chi connectivity index (χ0) is 10.6. The molecular formula is C7H12O6. The van der Waals surface area contributed by atoms with Gasteiger partial charge in [-0.15, -0.1) is 0 Å². The van der Waals surface area contributed by atoms with Crippen LogP contribution >= 0.6 is 0 Å². The standard InChI is InChI=1S/C7H12O6/c1-3(9)5(11)7(13)6(12)4(10)2-8/h4,6-8,10,12-13H,2H2,1H3/t4-,6-,7-/m0/s1. The first-order valence-corrected chi connectivity index (χ1v) is 3.61. The highest BCUT2D eigenvalue weighted by Crippen LogP contribution is 2.01. The minimum atomic E-state index is -1.99. The normalized spacial score (nSPS) is 17.6. The largest absolute Gasteiger partial charge is 0.394 e. The van der Waals surface area contributed by atoms with E-state index in [0.29, 0.717) is 0 Å². The van der Waals surface area contributed by atoms with Crippen LogP contribution in [0.2, 0.25) is 0 Å². The smallest absolute Gasteiger partial charge is 0.229 e. The van der Waals surface area contributed by atoms with E-state index in [0.717, 1.165) is 6.92 Å². The van der Waals surface area contributed by atoms with Crippen molar-refractivity contribution < 1.29 is 30.0 Å². The topological polar surface area (TPSA) is 115 Å². The fourth-order valence-corrected chi connectivity index (χ4v) is 0.682. The molecule has 0 aliphatic rings.